The molecule has 1 rings (SSSR count). The van der Waals surface area contributed by atoms with Crippen LogP contribution < -0.4 is 0 Å². The van der Waals surface area contributed by atoms with Crippen LogP contribution in [0.1, 0.15) is 39.5 Å². The van der Waals surface area contributed by atoms with Gasteiger partial charge in [-0.3, -0.25) is 0 Å². The zero-order chi connectivity index (χ0) is 11.6. The maximum atomic E-state index is 5.54. The van der Waals surface area contributed by atoms with Gasteiger partial charge in [-0.2, -0.15) is 0 Å². The Labute approximate surface area is 100 Å². The summed E-state index contributed by atoms with van der Waals surface area (Å²) in [6.45, 7) is 10.4. The van der Waals surface area contributed by atoms with Crippen molar-refractivity contribution in [2.45, 2.75) is 45.6 Å². The molecule has 96 valence electrons. The quantitative estimate of drug-likeness (QED) is 0.566. The monoisotopic (exact) mass is 229 g/mol. The Balaban J connectivity index is 1.77. The Hall–Kier alpha value is -0.120. The lowest BCUT2D eigenvalue weighted by Gasteiger charge is -2.14. The van der Waals surface area contributed by atoms with Gasteiger partial charge in [-0.05, 0) is 45.7 Å². The number of hydrogen-bond acceptors (Lipinski definition) is 3. The first-order valence-electron chi connectivity index (χ1n) is 6.74. The maximum absolute atomic E-state index is 5.54. The third-order valence-corrected chi connectivity index (χ3v) is 3.17. The van der Waals surface area contributed by atoms with Crippen molar-refractivity contribution in [3.63, 3.8) is 0 Å². The van der Waals surface area contributed by atoms with Gasteiger partial charge in [0.1, 0.15) is 0 Å². The lowest BCUT2D eigenvalue weighted by atomic mass is 10.3. The molecule has 0 bridgehead atoms. The molecule has 1 aliphatic heterocycles. The van der Waals surface area contributed by atoms with E-state index in [1.54, 1.807) is 0 Å². The van der Waals surface area contributed by atoms with Crippen LogP contribution in [0, 0.1) is 0 Å². The van der Waals surface area contributed by atoms with Crippen LogP contribution in [0.2, 0.25) is 0 Å². The molecule has 0 radical (unpaired) electrons. The van der Waals surface area contributed by atoms with Gasteiger partial charge in [0.15, 0.2) is 0 Å². The number of likely N-dealkylation sites (tertiary alicyclic amines) is 1. The van der Waals surface area contributed by atoms with Gasteiger partial charge >= 0.3 is 0 Å². The maximum Gasteiger partial charge on any atom is 0.0704 e. The van der Waals surface area contributed by atoms with E-state index in [0.717, 1.165) is 32.7 Å². The van der Waals surface area contributed by atoms with Crippen molar-refractivity contribution in [1.82, 2.24) is 4.90 Å². The average molecular weight is 229 g/mol. The summed E-state index contributed by atoms with van der Waals surface area (Å²) in [7, 11) is 0. The summed E-state index contributed by atoms with van der Waals surface area (Å²) in [6.07, 6.45) is 5.36. The van der Waals surface area contributed by atoms with Gasteiger partial charge < -0.3 is 14.4 Å². The highest BCUT2D eigenvalue weighted by Crippen LogP contribution is 2.07. The third-order valence-electron chi connectivity index (χ3n) is 3.17. The molecule has 0 saturated carbocycles. The highest BCUT2D eigenvalue weighted by Gasteiger charge is 2.09. The second-order valence-corrected chi connectivity index (χ2v) is 4.60. The molecule has 16 heavy (non-hydrogen) atoms. The minimum Gasteiger partial charge on any atom is -0.379 e. The van der Waals surface area contributed by atoms with E-state index in [-0.39, 0.29) is 0 Å². The smallest absolute Gasteiger partial charge is 0.0704 e. The van der Waals surface area contributed by atoms with E-state index in [2.05, 4.69) is 18.7 Å². The van der Waals surface area contributed by atoms with Crippen molar-refractivity contribution >= 4 is 0 Å². The molecular weight excluding hydrogens is 202 g/mol. The fraction of sp³-hybridized carbons (Fsp3) is 1.00. The van der Waals surface area contributed by atoms with Gasteiger partial charge in [-0.25, -0.2) is 0 Å². The van der Waals surface area contributed by atoms with Crippen molar-refractivity contribution in [2.75, 3.05) is 39.5 Å². The van der Waals surface area contributed by atoms with Crippen LogP contribution in [-0.4, -0.2) is 50.5 Å². The van der Waals surface area contributed by atoms with E-state index in [4.69, 9.17) is 9.47 Å². The fourth-order valence-corrected chi connectivity index (χ4v) is 1.92. The molecule has 1 saturated heterocycles. The highest BCUT2D eigenvalue weighted by molar-refractivity contribution is 4.65. The topological polar surface area (TPSA) is 21.7 Å². The second kappa shape index (κ2) is 8.97. The minimum atomic E-state index is 0.369. The van der Waals surface area contributed by atoms with Crippen molar-refractivity contribution in [3.8, 4) is 0 Å². The van der Waals surface area contributed by atoms with E-state index in [1.165, 1.54) is 32.5 Å². The van der Waals surface area contributed by atoms with Gasteiger partial charge in [0.25, 0.3) is 0 Å². The predicted molar refractivity (Wildman–Crippen MR) is 66.8 cm³/mol. The molecule has 3 nitrogen and oxygen atoms in total. The molecule has 0 spiro atoms. The van der Waals surface area contributed by atoms with Gasteiger partial charge in [-0.15, -0.1) is 0 Å². The van der Waals surface area contributed by atoms with Gasteiger partial charge in [0.05, 0.1) is 19.3 Å². The zero-order valence-electron chi connectivity index (χ0n) is 10.9. The van der Waals surface area contributed by atoms with Crippen molar-refractivity contribution in [3.05, 3.63) is 0 Å². The van der Waals surface area contributed by atoms with Crippen LogP contribution in [0.4, 0.5) is 0 Å². The first-order chi connectivity index (χ1) is 7.83. The molecule has 1 atom stereocenters. The molecule has 3 heteroatoms. The molecular formula is C13H27NO2. The van der Waals surface area contributed by atoms with E-state index >= 15 is 0 Å². The van der Waals surface area contributed by atoms with Crippen LogP contribution in [-0.2, 0) is 9.47 Å². The van der Waals surface area contributed by atoms with Gasteiger partial charge in [0.2, 0.25) is 0 Å². The standard InChI is InChI=1S/C13H27NO2/c1-3-13(2)16-12-11-15-10-6-9-14-7-4-5-8-14/h13H,3-12H2,1-2H3. The summed E-state index contributed by atoms with van der Waals surface area (Å²) in [4.78, 5) is 2.53. The average Bonchev–Trinajstić information content (AvgIpc) is 2.80. The molecule has 1 aliphatic rings. The number of nitrogens with zero attached hydrogens (tertiary/aromatic N) is 1. The van der Waals surface area contributed by atoms with Crippen LogP contribution in [0.15, 0.2) is 0 Å². The van der Waals surface area contributed by atoms with Gasteiger partial charge in [0, 0.05) is 13.2 Å². The number of ether oxygens (including phenoxy) is 2. The van der Waals surface area contributed by atoms with E-state index < -0.39 is 0 Å². The Morgan fingerprint density at radius 3 is 2.56 bits per heavy atom. The molecule has 0 aliphatic carbocycles. The number of hydrogen-bond donors (Lipinski definition) is 0. The largest absolute Gasteiger partial charge is 0.379 e. The third kappa shape index (κ3) is 6.46. The second-order valence-electron chi connectivity index (χ2n) is 4.60. The molecule has 0 aromatic rings. The van der Waals surface area contributed by atoms with E-state index in [9.17, 15) is 0 Å². The summed E-state index contributed by atoms with van der Waals surface area (Å²) in [5, 5.41) is 0. The number of rotatable bonds is 9. The van der Waals surface area contributed by atoms with Crippen LogP contribution in [0.25, 0.3) is 0 Å². The van der Waals surface area contributed by atoms with Crippen LogP contribution >= 0.6 is 0 Å². The SMILES string of the molecule is CCC(C)OCCOCCCN1CCCC1. The van der Waals surface area contributed by atoms with Crippen LogP contribution in [0.3, 0.4) is 0 Å². The molecule has 0 N–H and O–H groups in total. The molecule has 0 aromatic carbocycles. The summed E-state index contributed by atoms with van der Waals surface area (Å²) in [5.74, 6) is 0. The fourth-order valence-electron chi connectivity index (χ4n) is 1.92. The van der Waals surface area contributed by atoms with Crippen molar-refractivity contribution < 1.29 is 9.47 Å². The first kappa shape index (κ1) is 13.9. The minimum absolute atomic E-state index is 0.369. The molecule has 0 amide bonds. The Morgan fingerprint density at radius 2 is 1.88 bits per heavy atom. The summed E-state index contributed by atoms with van der Waals surface area (Å²) in [6, 6.07) is 0. The summed E-state index contributed by atoms with van der Waals surface area (Å²) in [5.41, 5.74) is 0. The predicted octanol–water partition coefficient (Wildman–Crippen LogP) is 2.30. The summed E-state index contributed by atoms with van der Waals surface area (Å²) < 4.78 is 11.1. The Kier molecular flexibility index (Phi) is 7.81. The van der Waals surface area contributed by atoms with Crippen molar-refractivity contribution in [1.29, 1.82) is 0 Å². The first-order valence-corrected chi connectivity index (χ1v) is 6.74. The Bertz CT molecular complexity index is 158. The molecule has 1 unspecified atom stereocenters. The Morgan fingerprint density at radius 1 is 1.12 bits per heavy atom. The molecule has 1 heterocycles. The molecule has 0 aromatic heterocycles. The normalized spacial score (nSPS) is 19.1. The lowest BCUT2D eigenvalue weighted by molar-refractivity contribution is 0.00958. The van der Waals surface area contributed by atoms with E-state index in [0.29, 0.717) is 6.10 Å². The van der Waals surface area contributed by atoms with Gasteiger partial charge in [-0.1, -0.05) is 6.92 Å². The molecule has 1 fully saturated rings. The van der Waals surface area contributed by atoms with Crippen LogP contribution in [0.5, 0.6) is 0 Å². The van der Waals surface area contributed by atoms with E-state index in [1.807, 2.05) is 0 Å². The highest BCUT2D eigenvalue weighted by atomic mass is 16.5. The summed E-state index contributed by atoms with van der Waals surface area (Å²) >= 11 is 0. The van der Waals surface area contributed by atoms with Crippen molar-refractivity contribution in [2.24, 2.45) is 0 Å². The zero-order valence-corrected chi connectivity index (χ0v) is 10.9. The lowest BCUT2D eigenvalue weighted by Crippen LogP contribution is -2.21.